The van der Waals surface area contributed by atoms with Gasteiger partial charge in [-0.15, -0.1) is 6.04 Å². The minimum absolute atomic E-state index is 0. The molecular weight excluding hydrogens is 406 g/mol. The Kier molecular flexibility index (Phi) is 9.38. The third kappa shape index (κ3) is 7.18. The van der Waals surface area contributed by atoms with E-state index in [0.29, 0.717) is 12.8 Å². The van der Waals surface area contributed by atoms with Crippen LogP contribution in [0, 0.1) is 12.1 Å². The van der Waals surface area contributed by atoms with Gasteiger partial charge in [-0.3, -0.25) is 0 Å². The molecule has 0 radical (unpaired) electrons. The molecule has 0 saturated heterocycles. The average molecular weight is 423 g/mol. The molecule has 1 unspecified atom stereocenters. The fourth-order valence-electron chi connectivity index (χ4n) is 1.74. The molecule has 1 aromatic rings. The molecule has 3 N–H and O–H groups in total. The van der Waals surface area contributed by atoms with Gasteiger partial charge < -0.3 is 10.5 Å². The number of hydrogen-bond acceptors (Lipinski definition) is 3. The summed E-state index contributed by atoms with van der Waals surface area (Å²) in [7, 11) is -5.30. The minimum atomic E-state index is -5.30. The van der Waals surface area contributed by atoms with E-state index in [1.807, 2.05) is 30.3 Å². The fourth-order valence-corrected chi connectivity index (χ4v) is 2.45. The van der Waals surface area contributed by atoms with Crippen molar-refractivity contribution in [3.05, 3.63) is 42.4 Å². The van der Waals surface area contributed by atoms with Crippen LogP contribution in [-0.4, -0.2) is 20.0 Å². The first kappa shape index (κ1) is 21.5. The van der Waals surface area contributed by atoms with Gasteiger partial charge >= 0.3 is 25.0 Å². The van der Waals surface area contributed by atoms with E-state index >= 15 is 0 Å². The molecule has 1 aliphatic rings. The number of sulfonamides is 1. The van der Waals surface area contributed by atoms with Gasteiger partial charge in [-0.25, -0.2) is 14.5 Å². The van der Waals surface area contributed by atoms with Crippen LogP contribution in [-0.2, 0) is 29.5 Å². The van der Waals surface area contributed by atoms with E-state index in [0.717, 1.165) is 6.42 Å². The molecule has 0 heterocycles. The average Bonchev–Trinajstić information content (AvgIpc) is 2.43. The zero-order valence-corrected chi connectivity index (χ0v) is 14.1. The number of hydrogen-bond donors (Lipinski definition) is 2. The smallest absolute Gasteiger partial charge is 0.355 e. The Morgan fingerprint density at radius 3 is 2.14 bits per heavy atom. The first-order chi connectivity index (χ1) is 9.74. The Balaban J connectivity index is 0.000000529. The molecule has 0 bridgehead atoms. The summed E-state index contributed by atoms with van der Waals surface area (Å²) in [6, 6.07) is 11.9. The fraction of sp³-hybridized carbons (Fsp3) is 0.462. The van der Waals surface area contributed by atoms with E-state index in [1.54, 1.807) is 0 Å². The molecule has 1 saturated carbocycles. The van der Waals surface area contributed by atoms with Gasteiger partial charge in [0.15, 0.2) is 0 Å². The predicted molar refractivity (Wildman–Crippen MR) is 73.1 cm³/mol. The third-order valence-corrected chi connectivity index (χ3v) is 3.98. The van der Waals surface area contributed by atoms with Gasteiger partial charge in [0.2, 0.25) is 0 Å². The standard InChI is InChI=1S/C7H12F3N2O2S.C6H5.Ru/c8-7(9,10)15(13,14)12-6-4-2-1-3-5(6)11;1-2-4-6-5-3-1;/h5,12H,1-4,11H2;1-5H;/q2*-1;+2. The quantitative estimate of drug-likeness (QED) is 0.567. The maximum Gasteiger partial charge on any atom is 2.00 e. The zero-order chi connectivity index (χ0) is 15.9. The minimum Gasteiger partial charge on any atom is -0.355 e. The van der Waals surface area contributed by atoms with Crippen LogP contribution >= 0.6 is 0 Å². The van der Waals surface area contributed by atoms with Crippen molar-refractivity contribution in [2.24, 2.45) is 5.73 Å². The molecule has 1 atom stereocenters. The van der Waals surface area contributed by atoms with E-state index in [9.17, 15) is 21.6 Å². The van der Waals surface area contributed by atoms with Gasteiger partial charge in [0.05, 0.1) is 0 Å². The Hall–Kier alpha value is -0.497. The summed E-state index contributed by atoms with van der Waals surface area (Å²) in [6.45, 7) is 0. The van der Waals surface area contributed by atoms with Crippen molar-refractivity contribution < 1.29 is 41.1 Å². The van der Waals surface area contributed by atoms with E-state index in [1.165, 1.54) is 4.72 Å². The van der Waals surface area contributed by atoms with Crippen LogP contribution in [0.1, 0.15) is 25.7 Å². The number of nitrogens with one attached hydrogen (secondary N) is 1. The Morgan fingerprint density at radius 2 is 1.77 bits per heavy atom. The SMILES string of the molecule is NC1CCCC[C-]1NS(=O)(=O)C(F)(F)F.[Ru+2].[c-]1ccccc1. The van der Waals surface area contributed by atoms with Crippen LogP contribution in [0.3, 0.4) is 0 Å². The number of rotatable bonds is 2. The molecule has 1 aliphatic carbocycles. The van der Waals surface area contributed by atoms with Crippen molar-refractivity contribution in [3.8, 4) is 0 Å². The second-order valence-corrected chi connectivity index (χ2v) is 6.18. The molecule has 1 fully saturated rings. The summed E-state index contributed by atoms with van der Waals surface area (Å²) in [5.41, 5.74) is 0.218. The van der Waals surface area contributed by atoms with Crippen LogP contribution < -0.4 is 10.5 Å². The normalized spacial score (nSPS) is 19.5. The van der Waals surface area contributed by atoms with E-state index in [-0.39, 0.29) is 31.9 Å². The predicted octanol–water partition coefficient (Wildman–Crippen LogP) is 2.34. The van der Waals surface area contributed by atoms with E-state index < -0.39 is 21.6 Å². The molecule has 0 aromatic heterocycles. The zero-order valence-electron chi connectivity index (χ0n) is 11.6. The van der Waals surface area contributed by atoms with Crippen LogP contribution in [0.4, 0.5) is 13.2 Å². The van der Waals surface area contributed by atoms with Crippen LogP contribution in [0.5, 0.6) is 0 Å². The first-order valence-corrected chi connectivity index (χ1v) is 7.84. The summed E-state index contributed by atoms with van der Waals surface area (Å²) in [5.74, 6) is 0. The van der Waals surface area contributed by atoms with Crippen molar-refractivity contribution in [3.63, 3.8) is 0 Å². The second kappa shape index (κ2) is 9.60. The Morgan fingerprint density at radius 1 is 1.18 bits per heavy atom. The van der Waals surface area contributed by atoms with Crippen molar-refractivity contribution in [1.82, 2.24) is 4.72 Å². The molecule has 2 rings (SSSR count). The number of benzene rings is 1. The summed E-state index contributed by atoms with van der Waals surface area (Å²) >= 11 is 0. The van der Waals surface area contributed by atoms with Crippen molar-refractivity contribution >= 4 is 10.0 Å². The van der Waals surface area contributed by atoms with Crippen LogP contribution in [0.2, 0.25) is 0 Å². The Labute approximate surface area is 141 Å². The second-order valence-electron chi connectivity index (χ2n) is 4.51. The third-order valence-electron chi connectivity index (χ3n) is 2.84. The first-order valence-electron chi connectivity index (χ1n) is 6.35. The topological polar surface area (TPSA) is 72.2 Å². The maximum absolute atomic E-state index is 12.0. The molecule has 0 amide bonds. The van der Waals surface area contributed by atoms with Crippen molar-refractivity contribution in [2.45, 2.75) is 37.2 Å². The molecule has 0 aliphatic heterocycles. The van der Waals surface area contributed by atoms with Gasteiger partial charge in [0.25, 0.3) is 10.0 Å². The molecule has 22 heavy (non-hydrogen) atoms. The molecule has 9 heteroatoms. The van der Waals surface area contributed by atoms with Gasteiger partial charge in [0.1, 0.15) is 0 Å². The molecule has 0 spiro atoms. The number of nitrogens with two attached hydrogens (primary N) is 1. The summed E-state index contributed by atoms with van der Waals surface area (Å²) in [4.78, 5) is 0. The number of halogens is 3. The Bertz CT molecular complexity index is 485. The van der Waals surface area contributed by atoms with Crippen molar-refractivity contribution in [2.75, 3.05) is 0 Å². The molecule has 4 nitrogen and oxygen atoms in total. The summed E-state index contributed by atoms with van der Waals surface area (Å²) in [5, 5.41) is 0. The van der Waals surface area contributed by atoms with E-state index in [4.69, 9.17) is 5.73 Å². The van der Waals surface area contributed by atoms with Crippen LogP contribution in [0.15, 0.2) is 30.3 Å². The monoisotopic (exact) mass is 424 g/mol. The van der Waals surface area contributed by atoms with E-state index in [2.05, 4.69) is 6.07 Å². The summed E-state index contributed by atoms with van der Waals surface area (Å²) in [6.07, 6.45) is 2.24. The van der Waals surface area contributed by atoms with Gasteiger partial charge in [-0.05, 0) is 0 Å². The van der Waals surface area contributed by atoms with Crippen molar-refractivity contribution in [1.29, 1.82) is 0 Å². The van der Waals surface area contributed by atoms with Gasteiger partial charge in [-0.1, -0.05) is 19.3 Å². The summed E-state index contributed by atoms with van der Waals surface area (Å²) < 4.78 is 59.1. The molecule has 126 valence electrons. The molecular formula is C13H17F3N2O2RuS. The largest absolute Gasteiger partial charge is 2.00 e. The number of alkyl halides is 3. The molecule has 1 aromatic carbocycles. The van der Waals surface area contributed by atoms with Gasteiger partial charge in [0, 0.05) is 0 Å². The maximum atomic E-state index is 12.0. The van der Waals surface area contributed by atoms with Gasteiger partial charge in [-0.2, -0.15) is 56.0 Å². The van der Waals surface area contributed by atoms with Crippen LogP contribution in [0.25, 0.3) is 0 Å².